The Morgan fingerprint density at radius 1 is 1.29 bits per heavy atom. The van der Waals surface area contributed by atoms with Crippen molar-refractivity contribution in [1.29, 1.82) is 0 Å². The van der Waals surface area contributed by atoms with E-state index in [1.54, 1.807) is 29.4 Å². The fourth-order valence-electron chi connectivity index (χ4n) is 2.14. The van der Waals surface area contributed by atoms with Gasteiger partial charge in [0.1, 0.15) is 22.8 Å². The summed E-state index contributed by atoms with van der Waals surface area (Å²) in [6.45, 7) is 1.37. The molecule has 2 heterocycles. The molecule has 106 valence electrons. The number of nitrogens with one attached hydrogen (secondary N) is 1. The van der Waals surface area contributed by atoms with E-state index in [1.807, 2.05) is 0 Å². The number of carbonyl (C=O) groups excluding carboxylic acids is 1. The molecule has 21 heavy (non-hydrogen) atoms. The highest BCUT2D eigenvalue weighted by Gasteiger charge is 2.13. The van der Waals surface area contributed by atoms with Gasteiger partial charge < -0.3 is 20.1 Å². The molecule has 7 heteroatoms. The molecule has 0 aliphatic carbocycles. The molecule has 0 aliphatic rings. The number of imidazole rings is 1. The number of hydrogen-bond donors (Lipinski definition) is 3. The van der Waals surface area contributed by atoms with Gasteiger partial charge in [0, 0.05) is 36.8 Å². The fourth-order valence-corrected chi connectivity index (χ4v) is 2.14. The number of fused-ring (bicyclic) bond motifs is 1. The van der Waals surface area contributed by atoms with Crippen LogP contribution >= 0.6 is 0 Å². The normalized spacial score (nSPS) is 10.7. The lowest BCUT2D eigenvalue weighted by Gasteiger charge is -2.11. The van der Waals surface area contributed by atoms with Crippen LogP contribution < -0.4 is 5.32 Å². The van der Waals surface area contributed by atoms with Gasteiger partial charge in [0.15, 0.2) is 0 Å². The number of nitrogens with zero attached hydrogens (tertiary/aromatic N) is 3. The highest BCUT2D eigenvalue weighted by atomic mass is 16.3. The monoisotopic (exact) mass is 284 g/mol. The lowest BCUT2D eigenvalue weighted by atomic mass is 10.1. The van der Waals surface area contributed by atoms with Crippen LogP contribution in [-0.4, -0.2) is 30.7 Å². The van der Waals surface area contributed by atoms with Crippen LogP contribution in [0, 0.1) is 0 Å². The Labute approximate surface area is 119 Å². The van der Waals surface area contributed by atoms with Crippen LogP contribution in [0.5, 0.6) is 11.5 Å². The van der Waals surface area contributed by atoms with E-state index >= 15 is 0 Å². The van der Waals surface area contributed by atoms with Crippen LogP contribution in [0.4, 0.5) is 5.82 Å². The van der Waals surface area contributed by atoms with E-state index in [1.165, 1.54) is 19.1 Å². The Kier molecular flexibility index (Phi) is 2.94. The van der Waals surface area contributed by atoms with Crippen molar-refractivity contribution < 1.29 is 15.0 Å². The number of amides is 1. The van der Waals surface area contributed by atoms with E-state index in [-0.39, 0.29) is 22.9 Å². The summed E-state index contributed by atoms with van der Waals surface area (Å²) in [6, 6.07) is 4.34. The minimum absolute atomic E-state index is 0.0737. The number of phenolic OH excluding ortho intramolecular Hbond substituents is 2. The number of anilines is 1. The average Bonchev–Trinajstić information content (AvgIpc) is 2.92. The molecule has 0 bridgehead atoms. The lowest BCUT2D eigenvalue weighted by molar-refractivity contribution is -0.114. The molecule has 1 amide bonds. The van der Waals surface area contributed by atoms with Crippen LogP contribution in [0.25, 0.3) is 16.6 Å². The highest BCUT2D eigenvalue weighted by Crippen LogP contribution is 2.33. The third kappa shape index (κ3) is 2.36. The quantitative estimate of drug-likeness (QED) is 0.666. The van der Waals surface area contributed by atoms with Crippen molar-refractivity contribution in [1.82, 2.24) is 14.5 Å². The summed E-state index contributed by atoms with van der Waals surface area (Å²) in [7, 11) is 0. The smallest absolute Gasteiger partial charge is 0.222 e. The van der Waals surface area contributed by atoms with Crippen molar-refractivity contribution in [2.45, 2.75) is 6.92 Å². The van der Waals surface area contributed by atoms with Gasteiger partial charge in [-0.1, -0.05) is 0 Å². The van der Waals surface area contributed by atoms with Gasteiger partial charge in [-0.15, -0.1) is 0 Å². The van der Waals surface area contributed by atoms with Crippen molar-refractivity contribution in [3.63, 3.8) is 0 Å². The van der Waals surface area contributed by atoms with E-state index in [2.05, 4.69) is 15.3 Å². The minimum Gasteiger partial charge on any atom is -0.508 e. The predicted octanol–water partition coefficient (Wildman–Crippen LogP) is 1.79. The molecule has 0 unspecified atom stereocenters. The van der Waals surface area contributed by atoms with Gasteiger partial charge >= 0.3 is 0 Å². The third-order valence-corrected chi connectivity index (χ3v) is 2.94. The number of phenols is 2. The molecule has 3 N–H and O–H groups in total. The van der Waals surface area contributed by atoms with E-state index in [0.29, 0.717) is 16.9 Å². The first-order valence-corrected chi connectivity index (χ1v) is 6.17. The second-order valence-electron chi connectivity index (χ2n) is 4.54. The summed E-state index contributed by atoms with van der Waals surface area (Å²) < 4.78 is 1.70. The Balaban J connectivity index is 2.34. The third-order valence-electron chi connectivity index (χ3n) is 2.94. The van der Waals surface area contributed by atoms with Gasteiger partial charge in [-0.2, -0.15) is 0 Å². The fraction of sp³-hybridized carbons (Fsp3) is 0.0714. The molecule has 2 aromatic heterocycles. The van der Waals surface area contributed by atoms with Crippen LogP contribution in [0.2, 0.25) is 0 Å². The van der Waals surface area contributed by atoms with E-state index in [9.17, 15) is 15.0 Å². The Morgan fingerprint density at radius 2 is 2.10 bits per heavy atom. The van der Waals surface area contributed by atoms with Gasteiger partial charge in [-0.05, 0) is 6.07 Å². The van der Waals surface area contributed by atoms with Crippen molar-refractivity contribution in [3.05, 3.63) is 36.9 Å². The molecule has 0 spiro atoms. The Bertz CT molecular complexity index is 828. The number of pyridine rings is 1. The first-order chi connectivity index (χ1) is 10.0. The number of aromatic hydroxyl groups is 2. The van der Waals surface area contributed by atoms with E-state index < -0.39 is 0 Å². The molecule has 7 nitrogen and oxygen atoms in total. The molecule has 1 aromatic carbocycles. The maximum absolute atomic E-state index is 11.2. The lowest BCUT2D eigenvalue weighted by Crippen LogP contribution is -2.08. The summed E-state index contributed by atoms with van der Waals surface area (Å²) in [5.74, 6) is -0.203. The molecule has 3 rings (SSSR count). The number of rotatable bonds is 2. The topological polar surface area (TPSA) is 100 Å². The van der Waals surface area contributed by atoms with Crippen molar-refractivity contribution >= 4 is 22.6 Å². The molecular formula is C14H12N4O3. The summed E-state index contributed by atoms with van der Waals surface area (Å²) in [4.78, 5) is 19.4. The highest BCUT2D eigenvalue weighted by molar-refractivity contribution is 5.96. The van der Waals surface area contributed by atoms with E-state index in [0.717, 1.165) is 0 Å². The van der Waals surface area contributed by atoms with Crippen LogP contribution in [0.3, 0.4) is 0 Å². The van der Waals surface area contributed by atoms with Crippen molar-refractivity contribution in [2.75, 3.05) is 5.32 Å². The van der Waals surface area contributed by atoms with Gasteiger partial charge in [-0.3, -0.25) is 4.79 Å². The molecule has 0 saturated carbocycles. The molecule has 0 radical (unpaired) electrons. The van der Waals surface area contributed by atoms with Gasteiger partial charge in [-0.25, -0.2) is 9.97 Å². The Hall–Kier alpha value is -3.09. The molecule has 0 saturated heterocycles. The second-order valence-corrected chi connectivity index (χ2v) is 4.54. The molecule has 0 aliphatic heterocycles. The second kappa shape index (κ2) is 4.78. The van der Waals surface area contributed by atoms with E-state index in [4.69, 9.17) is 0 Å². The van der Waals surface area contributed by atoms with Gasteiger partial charge in [0.2, 0.25) is 5.91 Å². The standard InChI is InChI=1S/C14H12N4O3/c1-8(19)16-13-6-11(18-3-2-15-7-18)10-4-9(20)5-12(21)14(10)17-13/h2-7,20-21H,1H3,(H,16,17,19). The summed E-state index contributed by atoms with van der Waals surface area (Å²) in [6.07, 6.45) is 4.90. The first kappa shape index (κ1) is 12.9. The van der Waals surface area contributed by atoms with Crippen LogP contribution in [0.1, 0.15) is 6.92 Å². The maximum Gasteiger partial charge on any atom is 0.222 e. The molecular weight excluding hydrogens is 272 g/mol. The van der Waals surface area contributed by atoms with Crippen LogP contribution in [0.15, 0.2) is 36.9 Å². The number of benzene rings is 1. The Morgan fingerprint density at radius 3 is 2.76 bits per heavy atom. The minimum atomic E-state index is -0.267. The number of carbonyl (C=O) groups is 1. The number of hydrogen-bond acceptors (Lipinski definition) is 5. The maximum atomic E-state index is 11.2. The summed E-state index contributed by atoms with van der Waals surface area (Å²) in [5.41, 5.74) is 0.912. The molecule has 3 aromatic rings. The van der Waals surface area contributed by atoms with Crippen LogP contribution in [-0.2, 0) is 4.79 Å². The zero-order valence-electron chi connectivity index (χ0n) is 11.1. The average molecular weight is 284 g/mol. The van der Waals surface area contributed by atoms with Crippen molar-refractivity contribution in [3.8, 4) is 17.2 Å². The summed E-state index contributed by atoms with van der Waals surface area (Å²) >= 11 is 0. The zero-order valence-corrected chi connectivity index (χ0v) is 11.1. The predicted molar refractivity (Wildman–Crippen MR) is 76.5 cm³/mol. The molecule has 0 atom stereocenters. The number of aromatic nitrogens is 3. The molecule has 0 fully saturated rings. The first-order valence-electron chi connectivity index (χ1n) is 6.17. The largest absolute Gasteiger partial charge is 0.508 e. The zero-order chi connectivity index (χ0) is 15.0. The summed E-state index contributed by atoms with van der Waals surface area (Å²) in [5, 5.41) is 22.8. The SMILES string of the molecule is CC(=O)Nc1cc(-n2ccnc2)c2cc(O)cc(O)c2n1. The van der Waals surface area contributed by atoms with Gasteiger partial charge in [0.05, 0.1) is 12.0 Å². The van der Waals surface area contributed by atoms with Gasteiger partial charge in [0.25, 0.3) is 0 Å². The van der Waals surface area contributed by atoms with Crippen molar-refractivity contribution in [2.24, 2.45) is 0 Å².